The quantitative estimate of drug-likeness (QED) is 0.448. The minimum Gasteiger partial charge on any atom is -0.462 e. The normalized spacial score (nSPS) is 41.8. The Morgan fingerprint density at radius 3 is 3.07 bits per heavy atom. The van der Waals surface area contributed by atoms with Gasteiger partial charge in [0.05, 0.1) is 12.0 Å². The first-order valence-corrected chi connectivity index (χ1v) is 11.7. The molecule has 30 heavy (non-hydrogen) atoms. The van der Waals surface area contributed by atoms with Crippen LogP contribution in [0, 0.1) is 23.2 Å². The number of aromatic nitrogens is 1. The minimum atomic E-state index is -0.0824. The Morgan fingerprint density at radius 2 is 2.17 bits per heavy atom. The Balaban J connectivity index is 1.13. The van der Waals surface area contributed by atoms with Crippen molar-refractivity contribution in [1.82, 2.24) is 10.3 Å². The van der Waals surface area contributed by atoms with Crippen LogP contribution in [0.2, 0.25) is 0 Å². The van der Waals surface area contributed by atoms with E-state index in [1.807, 2.05) is 0 Å². The fourth-order valence-corrected chi connectivity index (χ4v) is 7.29. The van der Waals surface area contributed by atoms with Gasteiger partial charge in [0.25, 0.3) is 0 Å². The molecule has 0 amide bonds. The maximum atomic E-state index is 12.8. The lowest BCUT2D eigenvalue weighted by Gasteiger charge is -2.48. The molecule has 5 nitrogen and oxygen atoms in total. The molecular formula is C25H32N2O3. The highest BCUT2D eigenvalue weighted by Gasteiger charge is 2.78. The first kappa shape index (κ1) is 18.9. The third-order valence-electron chi connectivity index (χ3n) is 8.80. The maximum Gasteiger partial charge on any atom is 0.311 e. The SMILES string of the molecule is CC1CCCC2(C)CC3OC(=O)C(CNCCc4c[nH]c5ccccc45)C3C3OC132. The number of carbonyl (C=O) groups excluding carboxylic acids is 1. The Kier molecular flexibility index (Phi) is 4.14. The van der Waals surface area contributed by atoms with Crippen LogP contribution in [0.1, 0.15) is 45.1 Å². The smallest absolute Gasteiger partial charge is 0.311 e. The van der Waals surface area contributed by atoms with Gasteiger partial charge in [0, 0.05) is 35.0 Å². The summed E-state index contributed by atoms with van der Waals surface area (Å²) in [7, 11) is 0. The summed E-state index contributed by atoms with van der Waals surface area (Å²) in [6.07, 6.45) is 7.94. The van der Waals surface area contributed by atoms with E-state index < -0.39 is 0 Å². The molecular weight excluding hydrogens is 376 g/mol. The van der Waals surface area contributed by atoms with Crippen LogP contribution in [0.25, 0.3) is 10.9 Å². The van der Waals surface area contributed by atoms with Gasteiger partial charge in [0.15, 0.2) is 0 Å². The van der Waals surface area contributed by atoms with Gasteiger partial charge >= 0.3 is 5.97 Å². The maximum absolute atomic E-state index is 12.8. The number of hydrogen-bond acceptors (Lipinski definition) is 4. The predicted molar refractivity (Wildman–Crippen MR) is 115 cm³/mol. The van der Waals surface area contributed by atoms with Crippen molar-refractivity contribution in [3.05, 3.63) is 36.0 Å². The van der Waals surface area contributed by atoms with Crippen LogP contribution in [0.15, 0.2) is 30.5 Å². The molecule has 0 bridgehead atoms. The van der Waals surface area contributed by atoms with Crippen molar-refractivity contribution in [3.63, 3.8) is 0 Å². The Hall–Kier alpha value is -1.85. The van der Waals surface area contributed by atoms with Gasteiger partial charge in [-0.25, -0.2) is 0 Å². The van der Waals surface area contributed by atoms with E-state index in [9.17, 15) is 4.79 Å². The number of hydrogen-bond donors (Lipinski definition) is 2. The van der Waals surface area contributed by atoms with Crippen LogP contribution >= 0.6 is 0 Å². The molecule has 2 saturated heterocycles. The fourth-order valence-electron chi connectivity index (χ4n) is 7.29. The number of para-hydroxylation sites is 1. The summed E-state index contributed by atoms with van der Waals surface area (Å²) in [6, 6.07) is 8.40. The molecule has 3 heterocycles. The first-order valence-electron chi connectivity index (χ1n) is 11.7. The summed E-state index contributed by atoms with van der Waals surface area (Å²) >= 11 is 0. The molecule has 7 atom stereocenters. The third-order valence-corrected chi connectivity index (χ3v) is 8.80. The second kappa shape index (κ2) is 6.57. The lowest BCUT2D eigenvalue weighted by molar-refractivity contribution is -0.146. The molecule has 2 N–H and O–H groups in total. The van der Waals surface area contributed by atoms with Crippen LogP contribution in [0.4, 0.5) is 0 Å². The average molecular weight is 409 g/mol. The van der Waals surface area contributed by atoms with E-state index in [0.717, 1.165) is 19.4 Å². The standard InChI is InChI=1S/C25H32N2O3/c1-15-6-5-10-24(2)12-20-21(22-25(15,24)30-22)18(23(28)29-20)14-26-11-9-16-13-27-19-8-4-3-7-17(16)19/h3-4,7-8,13,15,18,20-22,26-27H,5-6,9-12,14H2,1-2H3. The highest BCUT2D eigenvalue weighted by atomic mass is 16.6. The van der Waals surface area contributed by atoms with E-state index in [4.69, 9.17) is 9.47 Å². The largest absolute Gasteiger partial charge is 0.462 e. The number of rotatable bonds is 5. The zero-order chi connectivity index (χ0) is 20.5. The van der Waals surface area contributed by atoms with Gasteiger partial charge in [-0.3, -0.25) is 4.79 Å². The number of carbonyl (C=O) groups is 1. The van der Waals surface area contributed by atoms with Crippen LogP contribution in [-0.2, 0) is 20.7 Å². The van der Waals surface area contributed by atoms with Gasteiger partial charge in [-0.2, -0.15) is 0 Å². The zero-order valence-corrected chi connectivity index (χ0v) is 17.9. The molecule has 5 heteroatoms. The van der Waals surface area contributed by atoms with Crippen molar-refractivity contribution in [2.75, 3.05) is 13.1 Å². The van der Waals surface area contributed by atoms with Gasteiger partial charge in [0.2, 0.25) is 0 Å². The topological polar surface area (TPSA) is 66.6 Å². The highest BCUT2D eigenvalue weighted by Crippen LogP contribution is 2.70. The van der Waals surface area contributed by atoms with E-state index in [-0.39, 0.29) is 41.0 Å². The van der Waals surface area contributed by atoms with Crippen molar-refractivity contribution in [2.24, 2.45) is 23.2 Å². The van der Waals surface area contributed by atoms with Crippen molar-refractivity contribution in [2.45, 2.75) is 63.8 Å². The summed E-state index contributed by atoms with van der Waals surface area (Å²) in [4.78, 5) is 16.1. The molecule has 2 aliphatic heterocycles. The van der Waals surface area contributed by atoms with E-state index in [0.29, 0.717) is 12.5 Å². The van der Waals surface area contributed by atoms with Crippen LogP contribution in [0.3, 0.4) is 0 Å². The predicted octanol–water partition coefficient (Wildman–Crippen LogP) is 3.83. The number of nitrogens with one attached hydrogen (secondary N) is 2. The molecule has 1 aromatic carbocycles. The Morgan fingerprint density at radius 1 is 1.30 bits per heavy atom. The molecule has 7 unspecified atom stereocenters. The third kappa shape index (κ3) is 2.51. The second-order valence-electron chi connectivity index (χ2n) is 10.4. The zero-order valence-electron chi connectivity index (χ0n) is 17.9. The summed E-state index contributed by atoms with van der Waals surface area (Å²) in [6.45, 7) is 6.26. The molecule has 1 spiro atoms. The summed E-state index contributed by atoms with van der Waals surface area (Å²) < 4.78 is 12.4. The van der Waals surface area contributed by atoms with Crippen LogP contribution < -0.4 is 5.32 Å². The average Bonchev–Trinajstić information content (AvgIpc) is 3.25. The number of benzene rings is 1. The summed E-state index contributed by atoms with van der Waals surface area (Å²) in [5.74, 6) is 0.686. The first-order chi connectivity index (χ1) is 14.5. The molecule has 1 aromatic heterocycles. The molecule has 160 valence electrons. The number of H-pyrrole nitrogens is 1. The van der Waals surface area contributed by atoms with Gasteiger partial charge in [0.1, 0.15) is 11.7 Å². The van der Waals surface area contributed by atoms with E-state index in [2.05, 4.69) is 54.6 Å². The lowest BCUT2D eigenvalue weighted by Crippen LogP contribution is -2.54. The van der Waals surface area contributed by atoms with E-state index >= 15 is 0 Å². The summed E-state index contributed by atoms with van der Waals surface area (Å²) in [5, 5.41) is 4.84. The molecule has 2 aromatic rings. The molecule has 2 aliphatic carbocycles. The molecule has 6 rings (SSSR count). The van der Waals surface area contributed by atoms with Crippen LogP contribution in [0.5, 0.6) is 0 Å². The van der Waals surface area contributed by atoms with Gasteiger partial charge in [-0.1, -0.05) is 38.5 Å². The number of ether oxygens (including phenoxy) is 2. The monoisotopic (exact) mass is 408 g/mol. The van der Waals surface area contributed by atoms with Crippen molar-refractivity contribution < 1.29 is 14.3 Å². The number of epoxide rings is 1. The van der Waals surface area contributed by atoms with Crippen LogP contribution in [-0.4, -0.2) is 41.9 Å². The lowest BCUT2D eigenvalue weighted by atomic mass is 9.53. The van der Waals surface area contributed by atoms with Gasteiger partial charge in [-0.05, 0) is 49.8 Å². The fraction of sp³-hybridized carbons (Fsp3) is 0.640. The molecule has 2 saturated carbocycles. The number of esters is 1. The second-order valence-corrected chi connectivity index (χ2v) is 10.4. The number of aromatic amines is 1. The summed E-state index contributed by atoms with van der Waals surface area (Å²) in [5.41, 5.74) is 2.65. The van der Waals surface area contributed by atoms with E-state index in [1.54, 1.807) is 0 Å². The van der Waals surface area contributed by atoms with E-state index in [1.165, 1.54) is 35.7 Å². The molecule has 4 aliphatic rings. The van der Waals surface area contributed by atoms with Crippen molar-refractivity contribution >= 4 is 16.9 Å². The highest BCUT2D eigenvalue weighted by molar-refractivity contribution is 5.83. The molecule has 0 radical (unpaired) electrons. The number of fused-ring (bicyclic) bond motifs is 3. The van der Waals surface area contributed by atoms with Gasteiger partial charge in [-0.15, -0.1) is 0 Å². The van der Waals surface area contributed by atoms with Gasteiger partial charge < -0.3 is 19.8 Å². The Labute approximate surface area is 177 Å². The van der Waals surface area contributed by atoms with Crippen molar-refractivity contribution in [3.8, 4) is 0 Å². The Bertz CT molecular complexity index is 986. The molecule has 4 fully saturated rings. The minimum absolute atomic E-state index is 0.0112. The van der Waals surface area contributed by atoms with Crippen molar-refractivity contribution in [1.29, 1.82) is 0 Å².